The fourth-order valence-electron chi connectivity index (χ4n) is 1.89. The van der Waals surface area contributed by atoms with E-state index in [4.69, 9.17) is 9.47 Å². The number of hydrogen-bond acceptors (Lipinski definition) is 7. The summed E-state index contributed by atoms with van der Waals surface area (Å²) in [5.74, 6) is 1.03. The molecule has 1 heterocycles. The minimum absolute atomic E-state index is 0.00347. The van der Waals surface area contributed by atoms with Crippen molar-refractivity contribution in [3.05, 3.63) is 52.6 Å². The third-order valence-electron chi connectivity index (χ3n) is 3.01. The Morgan fingerprint density at radius 3 is 2.58 bits per heavy atom. The lowest BCUT2D eigenvalue weighted by Crippen LogP contribution is -2.21. The van der Waals surface area contributed by atoms with Crippen LogP contribution < -0.4 is 14.8 Å². The lowest BCUT2D eigenvalue weighted by atomic mass is 10.3. The molecule has 0 spiro atoms. The third kappa shape index (κ3) is 3.41. The summed E-state index contributed by atoms with van der Waals surface area (Å²) >= 11 is 1.21. The molecular formula is C15H11N3O5S. The minimum atomic E-state index is -0.587. The summed E-state index contributed by atoms with van der Waals surface area (Å²) < 4.78 is 11.4. The van der Waals surface area contributed by atoms with Crippen LogP contribution in [0.1, 0.15) is 0 Å². The molecule has 9 heteroatoms. The Kier molecular flexibility index (Phi) is 4.25. The maximum Gasteiger partial charge on any atom is 0.414 e. The predicted octanol–water partition coefficient (Wildman–Crippen LogP) is 3.72. The van der Waals surface area contributed by atoms with Crippen molar-refractivity contribution in [2.75, 3.05) is 7.05 Å². The van der Waals surface area contributed by atoms with E-state index in [1.54, 1.807) is 18.2 Å². The molecule has 0 bridgehead atoms. The number of nitro benzene ring substituents is 1. The van der Waals surface area contributed by atoms with Crippen molar-refractivity contribution in [2.24, 2.45) is 0 Å². The largest absolute Gasteiger partial charge is 0.457 e. The first-order valence-electron chi connectivity index (χ1n) is 6.77. The predicted molar refractivity (Wildman–Crippen MR) is 87.9 cm³/mol. The van der Waals surface area contributed by atoms with E-state index in [0.29, 0.717) is 17.0 Å². The molecule has 0 fully saturated rings. The molecule has 3 aromatic rings. The highest BCUT2D eigenvalue weighted by atomic mass is 32.1. The Morgan fingerprint density at radius 1 is 1.21 bits per heavy atom. The van der Waals surface area contributed by atoms with Gasteiger partial charge in [-0.25, -0.2) is 9.78 Å². The van der Waals surface area contributed by atoms with Crippen LogP contribution in [0.25, 0.3) is 10.2 Å². The number of ether oxygens (including phenoxy) is 2. The van der Waals surface area contributed by atoms with Gasteiger partial charge in [-0.15, -0.1) is 0 Å². The van der Waals surface area contributed by atoms with Gasteiger partial charge < -0.3 is 14.8 Å². The van der Waals surface area contributed by atoms with Crippen LogP contribution in [0.3, 0.4) is 0 Å². The molecule has 0 saturated carbocycles. The molecule has 1 amide bonds. The molecule has 3 rings (SSSR count). The van der Waals surface area contributed by atoms with E-state index >= 15 is 0 Å². The number of non-ortho nitro benzene ring substituents is 1. The molecule has 0 aliphatic rings. The van der Waals surface area contributed by atoms with Gasteiger partial charge in [0.05, 0.1) is 15.1 Å². The molecule has 0 unspecified atom stereocenters. The van der Waals surface area contributed by atoms with E-state index in [-0.39, 0.29) is 10.9 Å². The first kappa shape index (κ1) is 15.7. The van der Waals surface area contributed by atoms with Crippen molar-refractivity contribution in [1.29, 1.82) is 0 Å². The summed E-state index contributed by atoms with van der Waals surface area (Å²) in [6, 6.07) is 11.0. The van der Waals surface area contributed by atoms with Crippen LogP contribution in [-0.4, -0.2) is 23.0 Å². The van der Waals surface area contributed by atoms with E-state index < -0.39 is 11.0 Å². The van der Waals surface area contributed by atoms with Gasteiger partial charge in [0.1, 0.15) is 11.5 Å². The van der Waals surface area contributed by atoms with Crippen molar-refractivity contribution >= 4 is 33.3 Å². The fraction of sp³-hybridized carbons (Fsp3) is 0.0667. The van der Waals surface area contributed by atoms with Gasteiger partial charge in [-0.3, -0.25) is 10.1 Å². The van der Waals surface area contributed by atoms with Gasteiger partial charge in [0, 0.05) is 25.2 Å². The number of hydrogen-bond donors (Lipinski definition) is 1. The second-order valence-corrected chi connectivity index (χ2v) is 5.60. The van der Waals surface area contributed by atoms with E-state index in [1.165, 1.54) is 42.6 Å². The molecule has 0 saturated heterocycles. The van der Waals surface area contributed by atoms with Crippen LogP contribution in [0.5, 0.6) is 16.7 Å². The molecule has 0 aliphatic heterocycles. The Hall–Kier alpha value is -3.20. The zero-order valence-corrected chi connectivity index (χ0v) is 13.2. The van der Waals surface area contributed by atoms with Crippen molar-refractivity contribution in [3.8, 4) is 16.7 Å². The second-order valence-electron chi connectivity index (χ2n) is 4.60. The topological polar surface area (TPSA) is 104 Å². The summed E-state index contributed by atoms with van der Waals surface area (Å²) in [5, 5.41) is 13.2. The van der Waals surface area contributed by atoms with Crippen LogP contribution in [0, 0.1) is 10.1 Å². The molecule has 0 atom stereocenters. The average molecular weight is 345 g/mol. The van der Waals surface area contributed by atoms with Crippen LogP contribution in [-0.2, 0) is 0 Å². The second kappa shape index (κ2) is 6.50. The number of carbonyl (C=O) groups excluding carboxylic acids is 1. The number of aromatic nitrogens is 1. The number of carbonyl (C=O) groups is 1. The average Bonchev–Trinajstić information content (AvgIpc) is 2.96. The van der Waals surface area contributed by atoms with Crippen LogP contribution in [0.4, 0.5) is 10.5 Å². The Morgan fingerprint density at radius 2 is 1.92 bits per heavy atom. The number of nitrogens with one attached hydrogen (secondary N) is 1. The normalized spacial score (nSPS) is 10.4. The number of benzene rings is 2. The standard InChI is InChI=1S/C15H11N3O5S/c1-16-14(19)23-15-17-12-7-6-11(8-13(12)24-15)22-10-4-2-9(3-5-10)18(20)21/h2-8H,1H3,(H,16,19). The summed E-state index contributed by atoms with van der Waals surface area (Å²) in [7, 11) is 1.46. The van der Waals surface area contributed by atoms with Gasteiger partial charge in [-0.1, -0.05) is 11.3 Å². The number of nitrogens with zero attached hydrogens (tertiary/aromatic N) is 2. The van der Waals surface area contributed by atoms with Crippen molar-refractivity contribution in [1.82, 2.24) is 10.3 Å². The lowest BCUT2D eigenvalue weighted by molar-refractivity contribution is -0.384. The summed E-state index contributed by atoms with van der Waals surface area (Å²) in [4.78, 5) is 25.6. The molecule has 1 aromatic heterocycles. The van der Waals surface area contributed by atoms with Gasteiger partial charge in [0.2, 0.25) is 0 Å². The Balaban J connectivity index is 1.79. The zero-order valence-electron chi connectivity index (χ0n) is 12.4. The lowest BCUT2D eigenvalue weighted by Gasteiger charge is -2.04. The molecule has 0 aliphatic carbocycles. The molecule has 122 valence electrons. The van der Waals surface area contributed by atoms with Crippen LogP contribution in [0.2, 0.25) is 0 Å². The third-order valence-corrected chi connectivity index (χ3v) is 3.90. The first-order valence-corrected chi connectivity index (χ1v) is 7.59. The highest BCUT2D eigenvalue weighted by Crippen LogP contribution is 2.32. The van der Waals surface area contributed by atoms with Crippen LogP contribution in [0.15, 0.2) is 42.5 Å². The summed E-state index contributed by atoms with van der Waals surface area (Å²) in [6.45, 7) is 0. The first-order chi connectivity index (χ1) is 11.5. The number of rotatable bonds is 4. The highest BCUT2D eigenvalue weighted by Gasteiger charge is 2.10. The molecule has 8 nitrogen and oxygen atoms in total. The number of fused-ring (bicyclic) bond motifs is 1. The minimum Gasteiger partial charge on any atom is -0.457 e. The number of nitro groups is 1. The number of amides is 1. The fourth-order valence-corrected chi connectivity index (χ4v) is 2.74. The maximum absolute atomic E-state index is 11.2. The van der Waals surface area contributed by atoms with Crippen molar-refractivity contribution in [2.45, 2.75) is 0 Å². The molecule has 0 radical (unpaired) electrons. The van der Waals surface area contributed by atoms with Gasteiger partial charge in [0.25, 0.3) is 10.9 Å². The summed E-state index contributed by atoms with van der Waals surface area (Å²) in [5.41, 5.74) is 0.672. The van der Waals surface area contributed by atoms with E-state index in [9.17, 15) is 14.9 Å². The smallest absolute Gasteiger partial charge is 0.414 e. The SMILES string of the molecule is CNC(=O)Oc1nc2ccc(Oc3ccc([N+](=O)[O-])cc3)cc2s1. The molecule has 1 N–H and O–H groups in total. The Labute approximate surface area is 139 Å². The van der Waals surface area contributed by atoms with E-state index in [0.717, 1.165) is 4.70 Å². The quantitative estimate of drug-likeness (QED) is 0.571. The molecule has 24 heavy (non-hydrogen) atoms. The van der Waals surface area contributed by atoms with Gasteiger partial charge in [0.15, 0.2) is 0 Å². The number of thiazole rings is 1. The highest BCUT2D eigenvalue weighted by molar-refractivity contribution is 7.20. The van der Waals surface area contributed by atoms with Gasteiger partial charge in [-0.2, -0.15) is 0 Å². The monoisotopic (exact) mass is 345 g/mol. The van der Waals surface area contributed by atoms with Gasteiger partial charge >= 0.3 is 6.09 Å². The Bertz CT molecular complexity index is 907. The van der Waals surface area contributed by atoms with Crippen molar-refractivity contribution < 1.29 is 19.2 Å². The summed E-state index contributed by atoms with van der Waals surface area (Å²) in [6.07, 6.45) is -0.587. The van der Waals surface area contributed by atoms with Crippen molar-refractivity contribution in [3.63, 3.8) is 0 Å². The van der Waals surface area contributed by atoms with E-state index in [1.807, 2.05) is 0 Å². The zero-order chi connectivity index (χ0) is 17.1. The van der Waals surface area contributed by atoms with E-state index in [2.05, 4.69) is 10.3 Å². The van der Waals surface area contributed by atoms with Crippen LogP contribution >= 0.6 is 11.3 Å². The maximum atomic E-state index is 11.2. The molecule has 2 aromatic carbocycles. The van der Waals surface area contributed by atoms with Gasteiger partial charge in [-0.05, 0) is 24.3 Å². The molecular weight excluding hydrogens is 334 g/mol.